The summed E-state index contributed by atoms with van der Waals surface area (Å²) in [5.41, 5.74) is 2.19. The Morgan fingerprint density at radius 1 is 0.926 bits per heavy atom. The third-order valence-corrected chi connectivity index (χ3v) is 5.07. The second-order valence-corrected chi connectivity index (χ2v) is 7.15. The van der Waals surface area contributed by atoms with Crippen molar-refractivity contribution in [2.75, 3.05) is 46.9 Å². The maximum atomic E-state index is 13.0. The zero-order valence-corrected chi connectivity index (χ0v) is 16.3. The van der Waals surface area contributed by atoms with E-state index in [-0.39, 0.29) is 5.82 Å². The standard InChI is InChI=1S/C22H29FN2O2/c1-24-12-14-25(15-13-24)11-3-4-18-7-10-21(22(16-18)26-2)27-17-19-5-8-20(23)9-6-19/h5-10,16H,3-4,11-15,17H2,1-2H3. The predicted molar refractivity (Wildman–Crippen MR) is 106 cm³/mol. The van der Waals surface area contributed by atoms with E-state index >= 15 is 0 Å². The third kappa shape index (κ3) is 5.94. The van der Waals surface area contributed by atoms with Crippen LogP contribution in [0.15, 0.2) is 42.5 Å². The fourth-order valence-corrected chi connectivity index (χ4v) is 3.31. The monoisotopic (exact) mass is 372 g/mol. The number of aryl methyl sites for hydroxylation is 1. The van der Waals surface area contributed by atoms with E-state index in [9.17, 15) is 4.39 Å². The lowest BCUT2D eigenvalue weighted by Gasteiger charge is -2.32. The molecule has 4 nitrogen and oxygen atoms in total. The quantitative estimate of drug-likeness (QED) is 0.707. The highest BCUT2D eigenvalue weighted by Gasteiger charge is 2.13. The number of hydrogen-bond acceptors (Lipinski definition) is 4. The number of benzene rings is 2. The van der Waals surface area contributed by atoms with Gasteiger partial charge in [0, 0.05) is 26.2 Å². The summed E-state index contributed by atoms with van der Waals surface area (Å²) in [5.74, 6) is 1.22. The topological polar surface area (TPSA) is 24.9 Å². The van der Waals surface area contributed by atoms with E-state index in [1.54, 1.807) is 19.2 Å². The summed E-state index contributed by atoms with van der Waals surface area (Å²) in [6.45, 7) is 6.17. The molecule has 1 aliphatic rings. The van der Waals surface area contributed by atoms with Crippen molar-refractivity contribution in [2.45, 2.75) is 19.4 Å². The molecule has 27 heavy (non-hydrogen) atoms. The number of likely N-dealkylation sites (N-methyl/N-ethyl adjacent to an activating group) is 1. The van der Waals surface area contributed by atoms with Gasteiger partial charge in [0.1, 0.15) is 12.4 Å². The molecule has 2 aromatic rings. The molecule has 146 valence electrons. The van der Waals surface area contributed by atoms with E-state index in [0.29, 0.717) is 12.4 Å². The summed E-state index contributed by atoms with van der Waals surface area (Å²) < 4.78 is 24.3. The summed E-state index contributed by atoms with van der Waals surface area (Å²) in [6, 6.07) is 12.5. The van der Waals surface area contributed by atoms with Crippen LogP contribution in [0, 0.1) is 5.82 Å². The van der Waals surface area contributed by atoms with Crippen LogP contribution in [0.2, 0.25) is 0 Å². The SMILES string of the molecule is COc1cc(CCCN2CCN(C)CC2)ccc1OCc1ccc(F)cc1. The molecule has 0 saturated carbocycles. The van der Waals surface area contributed by atoms with E-state index in [1.165, 1.54) is 17.7 Å². The molecular formula is C22H29FN2O2. The Hall–Kier alpha value is -2.11. The van der Waals surface area contributed by atoms with Gasteiger partial charge in [0.25, 0.3) is 0 Å². The van der Waals surface area contributed by atoms with Crippen molar-refractivity contribution in [1.82, 2.24) is 9.80 Å². The lowest BCUT2D eigenvalue weighted by molar-refractivity contribution is 0.153. The maximum absolute atomic E-state index is 13.0. The molecule has 2 aromatic carbocycles. The average molecular weight is 372 g/mol. The summed E-state index contributed by atoms with van der Waals surface area (Å²) >= 11 is 0. The van der Waals surface area contributed by atoms with Gasteiger partial charge in [0.05, 0.1) is 7.11 Å². The van der Waals surface area contributed by atoms with Crippen LogP contribution in [0.4, 0.5) is 4.39 Å². The van der Waals surface area contributed by atoms with Crippen LogP contribution >= 0.6 is 0 Å². The van der Waals surface area contributed by atoms with E-state index in [2.05, 4.69) is 29.0 Å². The lowest BCUT2D eigenvalue weighted by Crippen LogP contribution is -2.44. The van der Waals surface area contributed by atoms with Crippen LogP contribution in [0.3, 0.4) is 0 Å². The number of piperazine rings is 1. The normalized spacial score (nSPS) is 15.7. The van der Waals surface area contributed by atoms with Gasteiger partial charge in [0.2, 0.25) is 0 Å². The molecule has 3 rings (SSSR count). The summed E-state index contributed by atoms with van der Waals surface area (Å²) in [7, 11) is 3.84. The van der Waals surface area contributed by atoms with Crippen molar-refractivity contribution in [1.29, 1.82) is 0 Å². The van der Waals surface area contributed by atoms with E-state index in [1.807, 2.05) is 6.07 Å². The minimum atomic E-state index is -0.239. The molecule has 1 heterocycles. The van der Waals surface area contributed by atoms with Gasteiger partial charge in [-0.3, -0.25) is 0 Å². The first-order valence-electron chi connectivity index (χ1n) is 9.59. The minimum absolute atomic E-state index is 0.239. The molecule has 0 aliphatic carbocycles. The third-order valence-electron chi connectivity index (χ3n) is 5.07. The van der Waals surface area contributed by atoms with Crippen molar-refractivity contribution in [2.24, 2.45) is 0 Å². The van der Waals surface area contributed by atoms with Gasteiger partial charge in [0.15, 0.2) is 11.5 Å². The van der Waals surface area contributed by atoms with Gasteiger partial charge < -0.3 is 19.3 Å². The first-order chi connectivity index (χ1) is 13.1. The number of ether oxygens (including phenoxy) is 2. The molecule has 1 aliphatic heterocycles. The molecule has 1 fully saturated rings. The number of methoxy groups -OCH3 is 1. The molecule has 5 heteroatoms. The number of halogens is 1. The fraction of sp³-hybridized carbons (Fsp3) is 0.455. The summed E-state index contributed by atoms with van der Waals surface area (Å²) in [4.78, 5) is 4.92. The first kappa shape index (κ1) is 19.6. The smallest absolute Gasteiger partial charge is 0.161 e. The molecule has 0 aromatic heterocycles. The second-order valence-electron chi connectivity index (χ2n) is 7.15. The molecule has 0 radical (unpaired) electrons. The predicted octanol–water partition coefficient (Wildman–Crippen LogP) is 3.59. The lowest BCUT2D eigenvalue weighted by atomic mass is 10.1. The Labute approximate surface area is 161 Å². The van der Waals surface area contributed by atoms with Gasteiger partial charge in [-0.15, -0.1) is 0 Å². The Kier molecular flexibility index (Phi) is 7.07. The van der Waals surface area contributed by atoms with Crippen molar-refractivity contribution < 1.29 is 13.9 Å². The van der Waals surface area contributed by atoms with E-state index in [4.69, 9.17) is 9.47 Å². The van der Waals surface area contributed by atoms with E-state index < -0.39 is 0 Å². The molecule has 0 amide bonds. The minimum Gasteiger partial charge on any atom is -0.493 e. The van der Waals surface area contributed by atoms with Crippen LogP contribution in [0.5, 0.6) is 11.5 Å². The van der Waals surface area contributed by atoms with Gasteiger partial charge in [-0.05, 0) is 61.8 Å². The Morgan fingerprint density at radius 3 is 2.33 bits per heavy atom. The van der Waals surface area contributed by atoms with Crippen LogP contribution in [0.1, 0.15) is 17.5 Å². The second kappa shape index (κ2) is 9.72. The molecule has 0 atom stereocenters. The number of hydrogen-bond donors (Lipinski definition) is 0. The van der Waals surface area contributed by atoms with Crippen molar-refractivity contribution in [3.05, 3.63) is 59.4 Å². The number of rotatable bonds is 8. The average Bonchev–Trinajstić information content (AvgIpc) is 2.69. The van der Waals surface area contributed by atoms with Crippen molar-refractivity contribution >= 4 is 0 Å². The van der Waals surface area contributed by atoms with Gasteiger partial charge >= 0.3 is 0 Å². The summed E-state index contributed by atoms with van der Waals surface area (Å²) in [6.07, 6.45) is 2.17. The highest BCUT2D eigenvalue weighted by molar-refractivity contribution is 5.43. The zero-order chi connectivity index (χ0) is 19.1. The van der Waals surface area contributed by atoms with Crippen LogP contribution < -0.4 is 9.47 Å². The highest BCUT2D eigenvalue weighted by atomic mass is 19.1. The van der Waals surface area contributed by atoms with Crippen LogP contribution in [-0.2, 0) is 13.0 Å². The highest BCUT2D eigenvalue weighted by Crippen LogP contribution is 2.29. The molecular weight excluding hydrogens is 343 g/mol. The van der Waals surface area contributed by atoms with Crippen molar-refractivity contribution in [3.8, 4) is 11.5 Å². The molecule has 1 saturated heterocycles. The van der Waals surface area contributed by atoms with E-state index in [0.717, 1.165) is 56.9 Å². The Bertz CT molecular complexity index is 713. The van der Waals surface area contributed by atoms with Crippen LogP contribution in [-0.4, -0.2) is 56.7 Å². The van der Waals surface area contributed by atoms with Gasteiger partial charge in [-0.25, -0.2) is 4.39 Å². The molecule has 0 unspecified atom stereocenters. The maximum Gasteiger partial charge on any atom is 0.161 e. The Morgan fingerprint density at radius 2 is 1.63 bits per heavy atom. The molecule has 0 spiro atoms. The molecule has 0 N–H and O–H groups in total. The van der Waals surface area contributed by atoms with Crippen molar-refractivity contribution in [3.63, 3.8) is 0 Å². The number of nitrogens with zero attached hydrogens (tertiary/aromatic N) is 2. The van der Waals surface area contributed by atoms with Gasteiger partial charge in [-0.2, -0.15) is 0 Å². The van der Waals surface area contributed by atoms with Gasteiger partial charge in [-0.1, -0.05) is 18.2 Å². The largest absolute Gasteiger partial charge is 0.493 e. The first-order valence-corrected chi connectivity index (χ1v) is 9.59. The fourth-order valence-electron chi connectivity index (χ4n) is 3.31. The van der Waals surface area contributed by atoms with Crippen LogP contribution in [0.25, 0.3) is 0 Å². The molecule has 0 bridgehead atoms. The zero-order valence-electron chi connectivity index (χ0n) is 16.3. The Balaban J connectivity index is 1.50. The summed E-state index contributed by atoms with van der Waals surface area (Å²) in [5, 5.41) is 0.